The number of hydrogen-bond acceptors (Lipinski definition) is 3. The van der Waals surface area contributed by atoms with Crippen LogP contribution in [0.4, 0.5) is 0 Å². The van der Waals surface area contributed by atoms with E-state index in [-0.39, 0.29) is 0 Å². The Morgan fingerprint density at radius 1 is 1.62 bits per heavy atom. The number of carbonyl (C=O) groups excluding carboxylic acids is 1. The van der Waals surface area contributed by atoms with Gasteiger partial charge in [0.05, 0.1) is 18.2 Å². The first-order valence-electron chi connectivity index (χ1n) is 3.47. The van der Waals surface area contributed by atoms with Gasteiger partial charge >= 0.3 is 5.97 Å². The Balaban J connectivity index is 3.23. The van der Waals surface area contributed by atoms with Crippen molar-refractivity contribution >= 4 is 28.6 Å². The number of esters is 1. The number of methoxy groups -OCH3 is 1. The topological polar surface area (TPSA) is 50.1 Å². The van der Waals surface area contributed by atoms with Crippen LogP contribution in [0.2, 0.25) is 0 Å². The van der Waals surface area contributed by atoms with Crippen molar-refractivity contribution in [2.45, 2.75) is 0 Å². The molecular formula is C9H6INO2. The maximum atomic E-state index is 11.1. The highest BCUT2D eigenvalue weighted by molar-refractivity contribution is 14.1. The van der Waals surface area contributed by atoms with E-state index in [1.807, 2.05) is 6.07 Å². The van der Waals surface area contributed by atoms with Gasteiger partial charge in [-0.3, -0.25) is 0 Å². The third kappa shape index (κ3) is 2.18. The fourth-order valence-corrected chi connectivity index (χ4v) is 1.39. The van der Waals surface area contributed by atoms with Crippen molar-refractivity contribution in [3.8, 4) is 6.07 Å². The molecule has 0 saturated heterocycles. The maximum Gasteiger partial charge on any atom is 0.339 e. The van der Waals surface area contributed by atoms with Crippen molar-refractivity contribution in [3.05, 3.63) is 32.9 Å². The second-order valence-electron chi connectivity index (χ2n) is 2.29. The summed E-state index contributed by atoms with van der Waals surface area (Å²) in [6, 6.07) is 6.94. The van der Waals surface area contributed by atoms with Crippen LogP contribution >= 0.6 is 22.6 Å². The maximum absolute atomic E-state index is 11.1. The predicted octanol–water partition coefficient (Wildman–Crippen LogP) is 1.95. The SMILES string of the molecule is COC(=O)c1ccc(I)cc1C#N. The van der Waals surface area contributed by atoms with Gasteiger partial charge in [-0.2, -0.15) is 5.26 Å². The summed E-state index contributed by atoms with van der Waals surface area (Å²) in [5.74, 6) is -0.479. The van der Waals surface area contributed by atoms with Gasteiger partial charge in [0.1, 0.15) is 6.07 Å². The van der Waals surface area contributed by atoms with Crippen molar-refractivity contribution in [1.29, 1.82) is 5.26 Å². The smallest absolute Gasteiger partial charge is 0.339 e. The molecule has 0 saturated carbocycles. The first kappa shape index (κ1) is 9.99. The van der Waals surface area contributed by atoms with Gasteiger partial charge in [0.25, 0.3) is 0 Å². The lowest BCUT2D eigenvalue weighted by Gasteiger charge is -2.01. The van der Waals surface area contributed by atoms with E-state index in [1.54, 1.807) is 18.2 Å². The van der Waals surface area contributed by atoms with Gasteiger partial charge in [-0.1, -0.05) is 0 Å². The average Bonchev–Trinajstić information content (AvgIpc) is 2.16. The molecule has 0 bridgehead atoms. The summed E-state index contributed by atoms with van der Waals surface area (Å²) in [5.41, 5.74) is 0.657. The highest BCUT2D eigenvalue weighted by Crippen LogP contribution is 2.13. The highest BCUT2D eigenvalue weighted by atomic mass is 127. The van der Waals surface area contributed by atoms with Gasteiger partial charge in [0.2, 0.25) is 0 Å². The number of nitriles is 1. The lowest BCUT2D eigenvalue weighted by molar-refractivity contribution is 0.0600. The average molecular weight is 287 g/mol. The molecule has 0 radical (unpaired) electrons. The largest absolute Gasteiger partial charge is 0.465 e. The molecular weight excluding hydrogens is 281 g/mol. The Bertz CT molecular complexity index is 382. The third-order valence-electron chi connectivity index (χ3n) is 1.51. The Hall–Kier alpha value is -1.09. The van der Waals surface area contributed by atoms with Crippen LogP contribution in [0.25, 0.3) is 0 Å². The molecule has 66 valence electrons. The van der Waals surface area contributed by atoms with E-state index in [0.717, 1.165) is 3.57 Å². The Labute approximate surface area is 89.5 Å². The van der Waals surface area contributed by atoms with E-state index in [0.29, 0.717) is 11.1 Å². The van der Waals surface area contributed by atoms with Crippen molar-refractivity contribution < 1.29 is 9.53 Å². The zero-order valence-corrected chi connectivity index (χ0v) is 9.03. The first-order valence-corrected chi connectivity index (χ1v) is 4.55. The Kier molecular flexibility index (Phi) is 3.25. The van der Waals surface area contributed by atoms with E-state index in [2.05, 4.69) is 27.3 Å². The summed E-state index contributed by atoms with van der Waals surface area (Å²) in [4.78, 5) is 11.1. The second kappa shape index (κ2) is 4.23. The van der Waals surface area contributed by atoms with Gasteiger partial charge in [-0.15, -0.1) is 0 Å². The van der Waals surface area contributed by atoms with Gasteiger partial charge in [-0.05, 0) is 40.8 Å². The molecule has 0 fully saturated rings. The minimum absolute atomic E-state index is 0.311. The third-order valence-corrected chi connectivity index (χ3v) is 2.18. The molecule has 0 amide bonds. The zero-order chi connectivity index (χ0) is 9.84. The van der Waals surface area contributed by atoms with E-state index >= 15 is 0 Å². The molecule has 0 N–H and O–H groups in total. The highest BCUT2D eigenvalue weighted by Gasteiger charge is 2.10. The zero-order valence-electron chi connectivity index (χ0n) is 6.87. The molecule has 0 spiro atoms. The van der Waals surface area contributed by atoms with E-state index in [9.17, 15) is 4.79 Å². The van der Waals surface area contributed by atoms with Gasteiger partial charge in [-0.25, -0.2) is 4.79 Å². The van der Waals surface area contributed by atoms with Crippen LogP contribution < -0.4 is 0 Å². The number of nitrogens with zero attached hydrogens (tertiary/aromatic N) is 1. The fraction of sp³-hybridized carbons (Fsp3) is 0.111. The van der Waals surface area contributed by atoms with Gasteiger partial charge in [0.15, 0.2) is 0 Å². The van der Waals surface area contributed by atoms with Crippen LogP contribution in [-0.2, 0) is 4.74 Å². The van der Waals surface area contributed by atoms with Crippen LogP contribution in [0, 0.1) is 14.9 Å². The molecule has 4 heteroatoms. The number of rotatable bonds is 1. The van der Waals surface area contributed by atoms with E-state index in [4.69, 9.17) is 5.26 Å². The summed E-state index contributed by atoms with van der Waals surface area (Å²) >= 11 is 2.08. The van der Waals surface area contributed by atoms with E-state index in [1.165, 1.54) is 7.11 Å². The monoisotopic (exact) mass is 287 g/mol. The molecule has 0 aromatic heterocycles. The summed E-state index contributed by atoms with van der Waals surface area (Å²) in [7, 11) is 1.29. The molecule has 0 aliphatic carbocycles. The van der Waals surface area contributed by atoms with Crippen LogP contribution in [0.3, 0.4) is 0 Å². The van der Waals surface area contributed by atoms with Crippen molar-refractivity contribution in [2.75, 3.05) is 7.11 Å². The quantitative estimate of drug-likeness (QED) is 0.586. The van der Waals surface area contributed by atoms with Crippen molar-refractivity contribution in [2.24, 2.45) is 0 Å². The standard InChI is InChI=1S/C9H6INO2/c1-13-9(12)8-3-2-7(10)4-6(8)5-11/h2-4H,1H3. The molecule has 0 aliphatic heterocycles. The van der Waals surface area contributed by atoms with Gasteiger partial charge in [0, 0.05) is 3.57 Å². The second-order valence-corrected chi connectivity index (χ2v) is 3.54. The van der Waals surface area contributed by atoms with Crippen LogP contribution in [0.1, 0.15) is 15.9 Å². The van der Waals surface area contributed by atoms with Gasteiger partial charge < -0.3 is 4.74 Å². The first-order chi connectivity index (χ1) is 6.19. The number of carbonyl (C=O) groups is 1. The molecule has 0 atom stereocenters. The van der Waals surface area contributed by atoms with Crippen molar-refractivity contribution in [3.63, 3.8) is 0 Å². The lowest BCUT2D eigenvalue weighted by atomic mass is 10.1. The Morgan fingerprint density at radius 2 is 2.31 bits per heavy atom. The minimum Gasteiger partial charge on any atom is -0.465 e. The van der Waals surface area contributed by atoms with Crippen LogP contribution in [0.5, 0.6) is 0 Å². The Morgan fingerprint density at radius 3 is 2.85 bits per heavy atom. The summed E-state index contributed by atoms with van der Waals surface area (Å²) in [6.07, 6.45) is 0. The molecule has 1 aromatic rings. The molecule has 3 nitrogen and oxygen atoms in total. The predicted molar refractivity (Wildman–Crippen MR) is 55.2 cm³/mol. The number of halogens is 1. The lowest BCUT2D eigenvalue weighted by Crippen LogP contribution is -2.03. The molecule has 13 heavy (non-hydrogen) atoms. The summed E-state index contributed by atoms with van der Waals surface area (Å²) in [6.45, 7) is 0. The number of hydrogen-bond donors (Lipinski definition) is 0. The summed E-state index contributed by atoms with van der Waals surface area (Å²) in [5, 5.41) is 8.73. The minimum atomic E-state index is -0.479. The molecule has 0 aliphatic rings. The van der Waals surface area contributed by atoms with Crippen molar-refractivity contribution in [1.82, 2.24) is 0 Å². The molecule has 1 aromatic carbocycles. The normalized spacial score (nSPS) is 9.00. The number of ether oxygens (including phenoxy) is 1. The van der Waals surface area contributed by atoms with E-state index < -0.39 is 5.97 Å². The fourth-order valence-electron chi connectivity index (χ4n) is 0.897. The molecule has 1 rings (SSSR count). The van der Waals surface area contributed by atoms with Crippen LogP contribution in [0.15, 0.2) is 18.2 Å². The summed E-state index contributed by atoms with van der Waals surface area (Å²) < 4.78 is 5.44. The number of benzene rings is 1. The molecule has 0 heterocycles. The molecule has 0 unspecified atom stereocenters. The van der Waals surface area contributed by atoms with Crippen LogP contribution in [-0.4, -0.2) is 13.1 Å².